The maximum absolute atomic E-state index is 12.3. The van der Waals surface area contributed by atoms with Crippen molar-refractivity contribution < 1.29 is 9.21 Å². The van der Waals surface area contributed by atoms with Gasteiger partial charge in [-0.15, -0.1) is 10.2 Å². The number of hydrogen-bond acceptors (Lipinski definition) is 6. The van der Waals surface area contributed by atoms with Crippen LogP contribution in [0.25, 0.3) is 0 Å². The predicted octanol–water partition coefficient (Wildman–Crippen LogP) is 2.61. The molecular formula is C19H27N5O2. The summed E-state index contributed by atoms with van der Waals surface area (Å²) < 4.78 is 5.55. The zero-order valence-corrected chi connectivity index (χ0v) is 15.7. The lowest BCUT2D eigenvalue weighted by atomic mass is 10.1. The number of hydrogen-bond donors (Lipinski definition) is 1. The van der Waals surface area contributed by atoms with Crippen molar-refractivity contribution in [3.8, 4) is 0 Å². The number of rotatable bonds is 6. The molecule has 7 nitrogen and oxygen atoms in total. The Bertz CT molecular complexity index is 743. The molecule has 0 spiro atoms. The number of nitrogens with zero attached hydrogens (tertiary/aromatic N) is 4. The molecule has 2 aromatic rings. The SMILES string of the molecule is Cc1cccc(N2CCC[C@H](NC(=O)CCc3nnc(C(C)C)o3)C2)n1. The van der Waals surface area contributed by atoms with Crippen molar-refractivity contribution in [3.63, 3.8) is 0 Å². The molecule has 1 aliphatic rings. The molecule has 1 aliphatic heterocycles. The normalized spacial score (nSPS) is 17.5. The van der Waals surface area contributed by atoms with Crippen LogP contribution in [0, 0.1) is 6.92 Å². The molecule has 0 unspecified atom stereocenters. The molecule has 1 atom stereocenters. The first kappa shape index (κ1) is 18.4. The van der Waals surface area contributed by atoms with E-state index in [1.807, 2.05) is 39.0 Å². The highest BCUT2D eigenvalue weighted by atomic mass is 16.4. The summed E-state index contributed by atoms with van der Waals surface area (Å²) in [6.07, 6.45) is 2.87. The van der Waals surface area contributed by atoms with Crippen molar-refractivity contribution in [2.75, 3.05) is 18.0 Å². The van der Waals surface area contributed by atoms with Crippen LogP contribution >= 0.6 is 0 Å². The molecule has 140 valence electrons. The molecule has 7 heteroatoms. The van der Waals surface area contributed by atoms with E-state index in [1.54, 1.807) is 0 Å². The van der Waals surface area contributed by atoms with Gasteiger partial charge >= 0.3 is 0 Å². The summed E-state index contributed by atoms with van der Waals surface area (Å²) in [4.78, 5) is 19.1. The lowest BCUT2D eigenvalue weighted by molar-refractivity contribution is -0.121. The zero-order chi connectivity index (χ0) is 18.5. The molecule has 26 heavy (non-hydrogen) atoms. The number of carbonyl (C=O) groups is 1. The fraction of sp³-hybridized carbons (Fsp3) is 0.579. The average Bonchev–Trinajstić information content (AvgIpc) is 3.10. The van der Waals surface area contributed by atoms with Gasteiger partial charge in [0.25, 0.3) is 0 Å². The van der Waals surface area contributed by atoms with Crippen LogP contribution in [0.4, 0.5) is 5.82 Å². The molecule has 1 saturated heterocycles. The Kier molecular flexibility index (Phi) is 5.85. The highest BCUT2D eigenvalue weighted by Crippen LogP contribution is 2.18. The number of piperidine rings is 1. The Morgan fingerprint density at radius 3 is 2.96 bits per heavy atom. The molecule has 0 aliphatic carbocycles. The van der Waals surface area contributed by atoms with Crippen molar-refractivity contribution in [1.82, 2.24) is 20.5 Å². The van der Waals surface area contributed by atoms with Gasteiger partial charge < -0.3 is 14.6 Å². The van der Waals surface area contributed by atoms with Crippen molar-refractivity contribution in [2.24, 2.45) is 0 Å². The van der Waals surface area contributed by atoms with Crippen LogP contribution in [-0.4, -0.2) is 40.2 Å². The second kappa shape index (κ2) is 8.29. The molecule has 3 heterocycles. The van der Waals surface area contributed by atoms with Gasteiger partial charge in [0.2, 0.25) is 17.7 Å². The van der Waals surface area contributed by atoms with Gasteiger partial charge in [-0.05, 0) is 31.9 Å². The Morgan fingerprint density at radius 2 is 2.23 bits per heavy atom. The van der Waals surface area contributed by atoms with E-state index in [0.29, 0.717) is 24.6 Å². The topological polar surface area (TPSA) is 84.2 Å². The first-order valence-corrected chi connectivity index (χ1v) is 9.31. The van der Waals surface area contributed by atoms with Crippen LogP contribution in [0.5, 0.6) is 0 Å². The fourth-order valence-corrected chi connectivity index (χ4v) is 3.13. The number of carbonyl (C=O) groups excluding carboxylic acids is 1. The summed E-state index contributed by atoms with van der Waals surface area (Å²) >= 11 is 0. The summed E-state index contributed by atoms with van der Waals surface area (Å²) in [6, 6.07) is 6.19. The molecule has 1 N–H and O–H groups in total. The molecule has 3 rings (SSSR count). The fourth-order valence-electron chi connectivity index (χ4n) is 3.13. The van der Waals surface area contributed by atoms with E-state index in [1.165, 1.54) is 0 Å². The minimum atomic E-state index is 0.0262. The lowest BCUT2D eigenvalue weighted by Crippen LogP contribution is -2.48. The van der Waals surface area contributed by atoms with Gasteiger partial charge in [-0.3, -0.25) is 4.79 Å². The number of amides is 1. The van der Waals surface area contributed by atoms with Crippen LogP contribution in [0.2, 0.25) is 0 Å². The van der Waals surface area contributed by atoms with E-state index in [2.05, 4.69) is 25.4 Å². The van der Waals surface area contributed by atoms with Gasteiger partial charge in [0, 0.05) is 43.6 Å². The minimum absolute atomic E-state index is 0.0262. The smallest absolute Gasteiger partial charge is 0.220 e. The average molecular weight is 357 g/mol. The van der Waals surface area contributed by atoms with Crippen LogP contribution in [-0.2, 0) is 11.2 Å². The van der Waals surface area contributed by atoms with E-state index in [0.717, 1.165) is 37.4 Å². The van der Waals surface area contributed by atoms with Gasteiger partial charge in [0.1, 0.15) is 5.82 Å². The van der Waals surface area contributed by atoms with Crippen LogP contribution < -0.4 is 10.2 Å². The largest absolute Gasteiger partial charge is 0.425 e. The van der Waals surface area contributed by atoms with Gasteiger partial charge in [-0.2, -0.15) is 0 Å². The maximum atomic E-state index is 12.3. The Hall–Kier alpha value is -2.44. The number of anilines is 1. The Labute approximate surface area is 154 Å². The van der Waals surface area contributed by atoms with Crippen molar-refractivity contribution in [2.45, 2.75) is 58.4 Å². The van der Waals surface area contributed by atoms with Gasteiger partial charge in [0.15, 0.2) is 0 Å². The van der Waals surface area contributed by atoms with Crippen molar-refractivity contribution in [1.29, 1.82) is 0 Å². The van der Waals surface area contributed by atoms with Crippen LogP contribution in [0.3, 0.4) is 0 Å². The Morgan fingerprint density at radius 1 is 1.38 bits per heavy atom. The summed E-state index contributed by atoms with van der Waals surface area (Å²) in [5.74, 6) is 2.36. The first-order chi connectivity index (χ1) is 12.5. The van der Waals surface area contributed by atoms with Gasteiger partial charge in [-0.1, -0.05) is 19.9 Å². The standard InChI is InChI=1S/C19H27N5O2/c1-13(2)19-23-22-18(26-19)10-9-17(25)21-15-7-5-11-24(12-15)16-8-4-6-14(3)20-16/h4,6,8,13,15H,5,7,9-12H2,1-3H3,(H,21,25)/t15-/m0/s1. The number of pyridine rings is 1. The molecule has 0 saturated carbocycles. The summed E-state index contributed by atoms with van der Waals surface area (Å²) in [5.41, 5.74) is 1.01. The molecule has 0 bridgehead atoms. The highest BCUT2D eigenvalue weighted by molar-refractivity contribution is 5.76. The third-order valence-electron chi connectivity index (χ3n) is 4.53. The van der Waals surface area contributed by atoms with Crippen molar-refractivity contribution >= 4 is 11.7 Å². The number of aryl methyl sites for hydroxylation is 2. The van der Waals surface area contributed by atoms with E-state index >= 15 is 0 Å². The molecule has 0 radical (unpaired) electrons. The van der Waals surface area contributed by atoms with E-state index in [4.69, 9.17) is 4.42 Å². The summed E-state index contributed by atoms with van der Waals surface area (Å²) in [6.45, 7) is 7.77. The third-order valence-corrected chi connectivity index (χ3v) is 4.53. The minimum Gasteiger partial charge on any atom is -0.425 e. The quantitative estimate of drug-likeness (QED) is 0.855. The Balaban J connectivity index is 1.49. The van der Waals surface area contributed by atoms with Gasteiger partial charge in [-0.25, -0.2) is 4.98 Å². The molecule has 0 aromatic carbocycles. The molecular weight excluding hydrogens is 330 g/mol. The van der Waals surface area contributed by atoms with Crippen LogP contribution in [0.1, 0.15) is 56.5 Å². The van der Waals surface area contributed by atoms with Crippen LogP contribution in [0.15, 0.2) is 22.6 Å². The zero-order valence-electron chi connectivity index (χ0n) is 15.7. The number of aromatic nitrogens is 3. The maximum Gasteiger partial charge on any atom is 0.220 e. The molecule has 2 aromatic heterocycles. The second-order valence-corrected chi connectivity index (χ2v) is 7.18. The van der Waals surface area contributed by atoms with E-state index in [9.17, 15) is 4.79 Å². The molecule has 1 fully saturated rings. The van der Waals surface area contributed by atoms with Gasteiger partial charge in [0.05, 0.1) is 0 Å². The monoisotopic (exact) mass is 357 g/mol. The second-order valence-electron chi connectivity index (χ2n) is 7.18. The van der Waals surface area contributed by atoms with Crippen molar-refractivity contribution in [3.05, 3.63) is 35.7 Å². The summed E-state index contributed by atoms with van der Waals surface area (Å²) in [5, 5.41) is 11.1. The highest BCUT2D eigenvalue weighted by Gasteiger charge is 2.22. The first-order valence-electron chi connectivity index (χ1n) is 9.31. The van der Waals surface area contributed by atoms with E-state index in [-0.39, 0.29) is 17.9 Å². The number of nitrogens with one attached hydrogen (secondary N) is 1. The molecule has 1 amide bonds. The summed E-state index contributed by atoms with van der Waals surface area (Å²) in [7, 11) is 0. The lowest BCUT2D eigenvalue weighted by Gasteiger charge is -2.34. The van der Waals surface area contributed by atoms with E-state index < -0.39 is 0 Å². The third kappa shape index (κ3) is 4.80. The predicted molar refractivity (Wildman–Crippen MR) is 99.1 cm³/mol.